The Balaban J connectivity index is 1.45. The van der Waals surface area contributed by atoms with Crippen LogP contribution in [-0.2, 0) is 11.3 Å². The van der Waals surface area contributed by atoms with Crippen LogP contribution in [0.15, 0.2) is 57.5 Å². The molecule has 140 valence electrons. The molecule has 2 aromatic rings. The minimum absolute atomic E-state index is 0.327. The van der Waals surface area contributed by atoms with Gasteiger partial charge in [-0.05, 0) is 49.0 Å². The molecule has 1 aliphatic rings. The van der Waals surface area contributed by atoms with Gasteiger partial charge in [0.25, 0.3) is 0 Å². The fraction of sp³-hybridized carbons (Fsp3) is 0.400. The van der Waals surface area contributed by atoms with Crippen LogP contribution in [0.2, 0.25) is 0 Å². The quantitative estimate of drug-likeness (QED) is 0.643. The summed E-state index contributed by atoms with van der Waals surface area (Å²) in [4.78, 5) is 2.37. The summed E-state index contributed by atoms with van der Waals surface area (Å²) in [5.41, 5.74) is 1.19. The van der Waals surface area contributed by atoms with Crippen molar-refractivity contribution in [2.45, 2.75) is 18.7 Å². The smallest absolute Gasteiger partial charge is 0.119 e. The third kappa shape index (κ3) is 5.79. The fourth-order valence-electron chi connectivity index (χ4n) is 2.97. The van der Waals surface area contributed by atoms with Gasteiger partial charge in [-0.3, -0.25) is 4.90 Å². The average Bonchev–Trinajstić information content (AvgIpc) is 2.65. The summed E-state index contributed by atoms with van der Waals surface area (Å²) in [6, 6.07) is 16.9. The topological polar surface area (TPSA) is 33.7 Å². The highest BCUT2D eigenvalue weighted by Gasteiger charge is 2.27. The summed E-state index contributed by atoms with van der Waals surface area (Å²) in [5, 5.41) is 3.50. The minimum Gasteiger partial charge on any atom is -0.492 e. The lowest BCUT2D eigenvalue weighted by molar-refractivity contribution is 0.0167. The van der Waals surface area contributed by atoms with E-state index in [2.05, 4.69) is 61.3 Å². The number of hydrogen-bond donors (Lipinski definition) is 1. The van der Waals surface area contributed by atoms with Gasteiger partial charge in [0, 0.05) is 28.1 Å². The van der Waals surface area contributed by atoms with Crippen molar-refractivity contribution < 1.29 is 9.47 Å². The predicted octanol–water partition coefficient (Wildman–Crippen LogP) is 4.08. The van der Waals surface area contributed by atoms with Gasteiger partial charge in [-0.15, -0.1) is 0 Å². The van der Waals surface area contributed by atoms with E-state index in [1.807, 2.05) is 36.4 Å². The molecule has 0 aromatic heterocycles. The van der Waals surface area contributed by atoms with E-state index < -0.39 is 0 Å². The first-order valence-electron chi connectivity index (χ1n) is 8.75. The molecule has 2 unspecified atom stereocenters. The molecular weight excluding hydrogens is 460 g/mol. The first kappa shape index (κ1) is 19.8. The average molecular weight is 484 g/mol. The van der Waals surface area contributed by atoms with E-state index in [-0.39, 0.29) is 0 Å². The zero-order valence-electron chi connectivity index (χ0n) is 14.8. The Hall–Kier alpha value is -0.920. The minimum atomic E-state index is 0.327. The van der Waals surface area contributed by atoms with Gasteiger partial charge in [0.1, 0.15) is 12.4 Å². The van der Waals surface area contributed by atoms with Crippen molar-refractivity contribution in [1.29, 1.82) is 0 Å². The molecule has 26 heavy (non-hydrogen) atoms. The molecule has 1 aliphatic heterocycles. The van der Waals surface area contributed by atoms with Crippen LogP contribution in [0.5, 0.6) is 5.75 Å². The van der Waals surface area contributed by atoms with Crippen LogP contribution < -0.4 is 10.1 Å². The Morgan fingerprint density at radius 1 is 0.923 bits per heavy atom. The summed E-state index contributed by atoms with van der Waals surface area (Å²) >= 11 is 6.90. The van der Waals surface area contributed by atoms with Gasteiger partial charge in [-0.2, -0.15) is 0 Å². The molecule has 0 amide bonds. The monoisotopic (exact) mass is 482 g/mol. The number of halogens is 2. The van der Waals surface area contributed by atoms with Crippen LogP contribution in [0.25, 0.3) is 0 Å². The molecule has 2 aromatic carbocycles. The molecule has 1 fully saturated rings. The largest absolute Gasteiger partial charge is 0.492 e. The van der Waals surface area contributed by atoms with Crippen LogP contribution in [-0.4, -0.2) is 50.3 Å². The Morgan fingerprint density at radius 3 is 2.15 bits per heavy atom. The van der Waals surface area contributed by atoms with E-state index in [1.54, 1.807) is 0 Å². The Morgan fingerprint density at radius 2 is 1.50 bits per heavy atom. The highest BCUT2D eigenvalue weighted by atomic mass is 79.9. The number of nitrogens with one attached hydrogen (secondary N) is 1. The SMILES string of the molecule is CN1C(COCc2ccc(Br)cc2)CNCC1COc1ccc(Br)cc1. The molecule has 0 spiro atoms. The molecule has 1 heterocycles. The molecule has 6 heteroatoms. The van der Waals surface area contributed by atoms with Crippen molar-refractivity contribution in [1.82, 2.24) is 10.2 Å². The van der Waals surface area contributed by atoms with Crippen molar-refractivity contribution in [2.24, 2.45) is 0 Å². The number of likely N-dealkylation sites (N-methyl/N-ethyl adjacent to an activating group) is 1. The van der Waals surface area contributed by atoms with Gasteiger partial charge < -0.3 is 14.8 Å². The number of nitrogens with zero attached hydrogens (tertiary/aromatic N) is 1. The molecule has 1 saturated heterocycles. The highest BCUT2D eigenvalue weighted by molar-refractivity contribution is 9.10. The summed E-state index contributed by atoms with van der Waals surface area (Å²) in [6.45, 7) is 3.86. The number of benzene rings is 2. The van der Waals surface area contributed by atoms with Crippen molar-refractivity contribution in [2.75, 3.05) is 33.4 Å². The van der Waals surface area contributed by atoms with Gasteiger partial charge in [0.2, 0.25) is 0 Å². The van der Waals surface area contributed by atoms with E-state index in [9.17, 15) is 0 Å². The van der Waals surface area contributed by atoms with Crippen molar-refractivity contribution in [3.63, 3.8) is 0 Å². The predicted molar refractivity (Wildman–Crippen MR) is 112 cm³/mol. The highest BCUT2D eigenvalue weighted by Crippen LogP contribution is 2.18. The molecule has 0 bridgehead atoms. The third-order valence-electron chi connectivity index (χ3n) is 4.66. The van der Waals surface area contributed by atoms with Crippen molar-refractivity contribution in [3.05, 3.63) is 63.0 Å². The van der Waals surface area contributed by atoms with Crippen LogP contribution >= 0.6 is 31.9 Å². The Bertz CT molecular complexity index is 679. The first-order valence-corrected chi connectivity index (χ1v) is 10.3. The maximum atomic E-state index is 5.96. The number of ether oxygens (including phenoxy) is 2. The van der Waals surface area contributed by atoms with E-state index in [0.717, 1.165) is 27.8 Å². The lowest BCUT2D eigenvalue weighted by atomic mass is 10.1. The van der Waals surface area contributed by atoms with Gasteiger partial charge in [0.15, 0.2) is 0 Å². The second-order valence-corrected chi connectivity index (χ2v) is 8.37. The van der Waals surface area contributed by atoms with Crippen molar-refractivity contribution >= 4 is 31.9 Å². The molecule has 3 rings (SSSR count). The zero-order chi connectivity index (χ0) is 18.4. The molecule has 1 N–H and O–H groups in total. The second kappa shape index (κ2) is 9.85. The molecule has 2 atom stereocenters. The second-order valence-electron chi connectivity index (χ2n) is 6.54. The number of hydrogen-bond acceptors (Lipinski definition) is 4. The summed E-state index contributed by atoms with van der Waals surface area (Å²) in [7, 11) is 2.16. The lowest BCUT2D eigenvalue weighted by Crippen LogP contribution is -2.58. The Labute approximate surface area is 172 Å². The zero-order valence-corrected chi connectivity index (χ0v) is 18.0. The fourth-order valence-corrected chi connectivity index (χ4v) is 3.50. The van der Waals surface area contributed by atoms with E-state index in [0.29, 0.717) is 31.9 Å². The van der Waals surface area contributed by atoms with E-state index >= 15 is 0 Å². The molecular formula is C20H24Br2N2O2. The number of piperazine rings is 1. The van der Waals surface area contributed by atoms with E-state index in [1.165, 1.54) is 5.56 Å². The molecule has 0 radical (unpaired) electrons. The molecule has 0 saturated carbocycles. The molecule has 4 nitrogen and oxygen atoms in total. The lowest BCUT2D eigenvalue weighted by Gasteiger charge is -2.39. The third-order valence-corrected chi connectivity index (χ3v) is 5.72. The van der Waals surface area contributed by atoms with Gasteiger partial charge in [0.05, 0.1) is 19.3 Å². The van der Waals surface area contributed by atoms with E-state index in [4.69, 9.17) is 9.47 Å². The first-order chi connectivity index (χ1) is 12.6. The Kier molecular flexibility index (Phi) is 7.52. The standard InChI is InChI=1S/C20H24Br2N2O2/c1-24-18(13-25-12-15-2-4-16(21)5-3-15)10-23-11-19(24)14-26-20-8-6-17(22)7-9-20/h2-9,18-19,23H,10-14H2,1H3. The molecule has 0 aliphatic carbocycles. The van der Waals surface area contributed by atoms with Crippen LogP contribution in [0.4, 0.5) is 0 Å². The van der Waals surface area contributed by atoms with Crippen LogP contribution in [0, 0.1) is 0 Å². The maximum Gasteiger partial charge on any atom is 0.119 e. The van der Waals surface area contributed by atoms with Crippen LogP contribution in [0.1, 0.15) is 5.56 Å². The van der Waals surface area contributed by atoms with Gasteiger partial charge in [-0.1, -0.05) is 44.0 Å². The number of rotatable bonds is 7. The van der Waals surface area contributed by atoms with Crippen molar-refractivity contribution in [3.8, 4) is 5.75 Å². The van der Waals surface area contributed by atoms with Crippen LogP contribution in [0.3, 0.4) is 0 Å². The normalized spacial score (nSPS) is 20.9. The summed E-state index contributed by atoms with van der Waals surface area (Å²) < 4.78 is 14.1. The summed E-state index contributed by atoms with van der Waals surface area (Å²) in [6.07, 6.45) is 0. The maximum absolute atomic E-state index is 5.96. The summed E-state index contributed by atoms with van der Waals surface area (Å²) in [5.74, 6) is 0.898. The van der Waals surface area contributed by atoms with Gasteiger partial charge >= 0.3 is 0 Å². The van der Waals surface area contributed by atoms with Gasteiger partial charge in [-0.25, -0.2) is 0 Å².